The Bertz CT molecular complexity index is 1110. The molecule has 1 aromatic heterocycles. The van der Waals surface area contributed by atoms with Crippen LogP contribution < -0.4 is 5.56 Å². The predicted octanol–water partition coefficient (Wildman–Crippen LogP) is 4.78. The molecule has 0 aliphatic heterocycles. The second-order valence-corrected chi connectivity index (χ2v) is 6.05. The molecule has 26 heavy (non-hydrogen) atoms. The monoisotopic (exact) mass is 338 g/mol. The molecule has 4 aromatic rings. The Hall–Kier alpha value is -3.46. The molecule has 126 valence electrons. The zero-order chi connectivity index (χ0) is 17.8. The lowest BCUT2D eigenvalue weighted by Gasteiger charge is -2.12. The largest absolute Gasteiger partial charge is 0.288 e. The Kier molecular flexibility index (Phi) is 4.44. The summed E-state index contributed by atoms with van der Waals surface area (Å²) >= 11 is 0. The third kappa shape index (κ3) is 3.20. The summed E-state index contributed by atoms with van der Waals surface area (Å²) in [7, 11) is 0. The summed E-state index contributed by atoms with van der Waals surface area (Å²) in [6.45, 7) is 0.468. The van der Waals surface area contributed by atoms with E-state index in [1.54, 1.807) is 4.57 Å². The van der Waals surface area contributed by atoms with Gasteiger partial charge in [0.05, 0.1) is 10.9 Å². The van der Waals surface area contributed by atoms with E-state index in [4.69, 9.17) is 4.98 Å². The van der Waals surface area contributed by atoms with E-state index in [1.165, 1.54) is 0 Å². The lowest BCUT2D eigenvalue weighted by Crippen LogP contribution is -2.23. The fourth-order valence-corrected chi connectivity index (χ4v) is 3.00. The van der Waals surface area contributed by atoms with Crippen LogP contribution in [-0.2, 0) is 6.54 Å². The van der Waals surface area contributed by atoms with Crippen LogP contribution >= 0.6 is 0 Å². The van der Waals surface area contributed by atoms with E-state index >= 15 is 0 Å². The van der Waals surface area contributed by atoms with Gasteiger partial charge in [-0.3, -0.25) is 9.36 Å². The van der Waals surface area contributed by atoms with Gasteiger partial charge in [-0.2, -0.15) is 0 Å². The predicted molar refractivity (Wildman–Crippen MR) is 107 cm³/mol. The summed E-state index contributed by atoms with van der Waals surface area (Å²) < 4.78 is 1.73. The van der Waals surface area contributed by atoms with Crippen LogP contribution in [0.1, 0.15) is 5.56 Å². The summed E-state index contributed by atoms with van der Waals surface area (Å²) in [5.74, 6) is 0.687. The number of hydrogen-bond donors (Lipinski definition) is 0. The first kappa shape index (κ1) is 16.0. The van der Waals surface area contributed by atoms with Crippen molar-refractivity contribution in [1.82, 2.24) is 9.55 Å². The van der Waals surface area contributed by atoms with Gasteiger partial charge in [-0.05, 0) is 17.7 Å². The maximum Gasteiger partial charge on any atom is 0.261 e. The average Bonchev–Trinajstić information content (AvgIpc) is 2.71. The smallest absolute Gasteiger partial charge is 0.261 e. The van der Waals surface area contributed by atoms with Crippen molar-refractivity contribution >= 4 is 17.0 Å². The molecule has 3 heteroatoms. The zero-order valence-electron chi connectivity index (χ0n) is 14.2. The van der Waals surface area contributed by atoms with Gasteiger partial charge in [0.15, 0.2) is 0 Å². The zero-order valence-corrected chi connectivity index (χ0v) is 14.2. The van der Waals surface area contributed by atoms with Crippen molar-refractivity contribution in [3.05, 3.63) is 107 Å². The average molecular weight is 338 g/mol. The van der Waals surface area contributed by atoms with Gasteiger partial charge in [-0.25, -0.2) is 4.98 Å². The fraction of sp³-hybridized carbons (Fsp3) is 0.0435. The van der Waals surface area contributed by atoms with Crippen molar-refractivity contribution in [1.29, 1.82) is 0 Å². The minimum Gasteiger partial charge on any atom is -0.288 e. The molecule has 0 radical (unpaired) electrons. The van der Waals surface area contributed by atoms with Crippen molar-refractivity contribution in [3.63, 3.8) is 0 Å². The van der Waals surface area contributed by atoms with Gasteiger partial charge in [0.1, 0.15) is 5.82 Å². The van der Waals surface area contributed by atoms with Crippen LogP contribution in [0.25, 0.3) is 28.4 Å². The molecule has 3 nitrogen and oxygen atoms in total. The van der Waals surface area contributed by atoms with Crippen LogP contribution in [0.5, 0.6) is 0 Å². The molecular formula is C23H18N2O. The highest BCUT2D eigenvalue weighted by Crippen LogP contribution is 2.18. The first-order chi connectivity index (χ1) is 12.8. The van der Waals surface area contributed by atoms with Crippen LogP contribution in [0.15, 0.2) is 95.8 Å². The minimum atomic E-state index is -0.0211. The van der Waals surface area contributed by atoms with Crippen molar-refractivity contribution in [3.8, 4) is 11.4 Å². The molecule has 0 saturated heterocycles. The highest BCUT2D eigenvalue weighted by molar-refractivity contribution is 5.79. The number of allylic oxidation sites excluding steroid dienone is 1. The molecule has 1 heterocycles. The molecule has 0 bridgehead atoms. The fourth-order valence-electron chi connectivity index (χ4n) is 3.00. The van der Waals surface area contributed by atoms with Gasteiger partial charge >= 0.3 is 0 Å². The minimum absolute atomic E-state index is 0.0211. The highest BCUT2D eigenvalue weighted by Gasteiger charge is 2.11. The van der Waals surface area contributed by atoms with Crippen LogP contribution in [0.2, 0.25) is 0 Å². The van der Waals surface area contributed by atoms with E-state index in [1.807, 2.05) is 97.1 Å². The van der Waals surface area contributed by atoms with E-state index in [0.29, 0.717) is 17.8 Å². The van der Waals surface area contributed by atoms with Gasteiger partial charge in [-0.1, -0.05) is 84.9 Å². The van der Waals surface area contributed by atoms with Crippen molar-refractivity contribution in [2.24, 2.45) is 0 Å². The number of para-hydroxylation sites is 1. The van der Waals surface area contributed by atoms with E-state index in [9.17, 15) is 4.79 Å². The molecule has 0 aliphatic rings. The standard InChI is InChI=1S/C23H18N2O/c26-23-20-15-7-8-16-21(20)24-22(19-13-5-2-6-14-19)25(23)17-9-12-18-10-3-1-4-11-18/h1-16H,17H2. The van der Waals surface area contributed by atoms with Gasteiger partial charge in [0.25, 0.3) is 5.56 Å². The second kappa shape index (κ2) is 7.19. The van der Waals surface area contributed by atoms with Gasteiger partial charge in [-0.15, -0.1) is 0 Å². The second-order valence-electron chi connectivity index (χ2n) is 6.05. The number of aromatic nitrogens is 2. The van der Waals surface area contributed by atoms with Crippen molar-refractivity contribution < 1.29 is 0 Å². The molecule has 0 N–H and O–H groups in total. The van der Waals surface area contributed by atoms with E-state index in [2.05, 4.69) is 0 Å². The SMILES string of the molecule is O=c1c2ccccc2nc(-c2ccccc2)n1CC=Cc1ccccc1. The molecule has 0 spiro atoms. The Labute approximate surface area is 151 Å². The number of nitrogens with zero attached hydrogens (tertiary/aromatic N) is 2. The number of hydrogen-bond acceptors (Lipinski definition) is 2. The third-order valence-electron chi connectivity index (χ3n) is 4.29. The highest BCUT2D eigenvalue weighted by atomic mass is 16.1. The van der Waals surface area contributed by atoms with Gasteiger partial charge in [0.2, 0.25) is 0 Å². The molecule has 4 rings (SSSR count). The molecular weight excluding hydrogens is 320 g/mol. The summed E-state index contributed by atoms with van der Waals surface area (Å²) in [6, 6.07) is 27.4. The third-order valence-corrected chi connectivity index (χ3v) is 4.29. The van der Waals surface area contributed by atoms with Crippen LogP contribution in [0.4, 0.5) is 0 Å². The molecule has 0 aliphatic carbocycles. The normalized spacial score (nSPS) is 11.2. The van der Waals surface area contributed by atoms with Gasteiger partial charge < -0.3 is 0 Å². The summed E-state index contributed by atoms with van der Waals surface area (Å²) in [5, 5.41) is 0.639. The molecule has 0 unspecified atom stereocenters. The number of rotatable bonds is 4. The Morgan fingerprint density at radius 1 is 0.808 bits per heavy atom. The number of benzene rings is 3. The van der Waals surface area contributed by atoms with Crippen molar-refractivity contribution in [2.75, 3.05) is 0 Å². The molecule has 0 amide bonds. The number of fused-ring (bicyclic) bond motifs is 1. The molecule has 0 atom stereocenters. The quantitative estimate of drug-likeness (QED) is 0.537. The first-order valence-corrected chi connectivity index (χ1v) is 8.59. The Balaban J connectivity index is 1.82. The van der Waals surface area contributed by atoms with Crippen LogP contribution in [0.3, 0.4) is 0 Å². The summed E-state index contributed by atoms with van der Waals surface area (Å²) in [4.78, 5) is 17.8. The molecule has 0 fully saturated rings. The molecule has 3 aromatic carbocycles. The maximum atomic E-state index is 13.1. The molecule has 0 saturated carbocycles. The van der Waals surface area contributed by atoms with Crippen LogP contribution in [0, 0.1) is 0 Å². The van der Waals surface area contributed by atoms with Crippen molar-refractivity contribution in [2.45, 2.75) is 6.54 Å². The Morgan fingerprint density at radius 2 is 1.46 bits per heavy atom. The maximum absolute atomic E-state index is 13.1. The summed E-state index contributed by atoms with van der Waals surface area (Å²) in [6.07, 6.45) is 4.02. The lowest BCUT2D eigenvalue weighted by atomic mass is 10.1. The Morgan fingerprint density at radius 3 is 2.23 bits per heavy atom. The lowest BCUT2D eigenvalue weighted by molar-refractivity contribution is 0.780. The first-order valence-electron chi connectivity index (χ1n) is 8.59. The topological polar surface area (TPSA) is 34.9 Å². The van der Waals surface area contributed by atoms with Crippen LogP contribution in [-0.4, -0.2) is 9.55 Å². The summed E-state index contributed by atoms with van der Waals surface area (Å²) in [5.41, 5.74) is 2.74. The van der Waals surface area contributed by atoms with E-state index < -0.39 is 0 Å². The van der Waals surface area contributed by atoms with Gasteiger partial charge in [0, 0.05) is 12.1 Å². The van der Waals surface area contributed by atoms with E-state index in [-0.39, 0.29) is 5.56 Å². The van der Waals surface area contributed by atoms with E-state index in [0.717, 1.165) is 16.6 Å².